The summed E-state index contributed by atoms with van der Waals surface area (Å²) < 4.78 is 2.71. The second kappa shape index (κ2) is 14.4. The van der Waals surface area contributed by atoms with E-state index in [1.807, 2.05) is 23.1 Å². The van der Waals surface area contributed by atoms with E-state index in [0.29, 0.717) is 0 Å². The number of thiophene rings is 1. The molecule has 262 valence electrons. The second-order valence-electron chi connectivity index (χ2n) is 14.6. The van der Waals surface area contributed by atoms with Crippen LogP contribution < -0.4 is 0 Å². The van der Waals surface area contributed by atoms with Gasteiger partial charge in [0.15, 0.2) is 0 Å². The van der Waals surface area contributed by atoms with Gasteiger partial charge in [0.2, 0.25) is 0 Å². The van der Waals surface area contributed by atoms with E-state index < -0.39 is 0 Å². The summed E-state index contributed by atoms with van der Waals surface area (Å²) in [5, 5.41) is 10.3. The minimum Gasteiger partial charge on any atom is -0.135 e. The molecule has 0 radical (unpaired) electrons. The van der Waals surface area contributed by atoms with Gasteiger partial charge in [-0.3, -0.25) is 0 Å². The Morgan fingerprint density at radius 2 is 1.35 bits per heavy atom. The van der Waals surface area contributed by atoms with E-state index in [4.69, 9.17) is 0 Å². The van der Waals surface area contributed by atoms with Crippen LogP contribution in [0.15, 0.2) is 185 Å². The van der Waals surface area contributed by atoms with Gasteiger partial charge in [-0.15, -0.1) is 11.3 Å². The summed E-state index contributed by atoms with van der Waals surface area (Å²) in [6.45, 7) is 13.5. The molecule has 0 nitrogen and oxygen atoms in total. The summed E-state index contributed by atoms with van der Waals surface area (Å²) in [4.78, 5) is 2.73. The zero-order valence-electron chi connectivity index (χ0n) is 30.9. The highest BCUT2D eigenvalue weighted by atomic mass is 32.2. The Hall–Kier alpha value is -5.41. The van der Waals surface area contributed by atoms with Crippen molar-refractivity contribution in [3.05, 3.63) is 197 Å². The highest BCUT2D eigenvalue weighted by molar-refractivity contribution is 8.03. The molecule has 7 aromatic rings. The summed E-state index contributed by atoms with van der Waals surface area (Å²) in [5.41, 5.74) is 9.68. The maximum atomic E-state index is 4.62. The van der Waals surface area contributed by atoms with Crippen molar-refractivity contribution in [2.75, 3.05) is 0 Å². The first kappa shape index (κ1) is 34.4. The first-order valence-corrected chi connectivity index (χ1v) is 20.5. The van der Waals surface area contributed by atoms with Crippen molar-refractivity contribution in [1.29, 1.82) is 0 Å². The maximum absolute atomic E-state index is 4.62. The van der Waals surface area contributed by atoms with Crippen LogP contribution in [0, 0.1) is 0 Å². The molecule has 9 rings (SSSR count). The Kier molecular flexibility index (Phi) is 9.19. The molecule has 0 atom stereocenters. The van der Waals surface area contributed by atoms with Crippen molar-refractivity contribution >= 4 is 86.7 Å². The Balaban J connectivity index is 0.968. The van der Waals surface area contributed by atoms with Crippen LogP contribution in [0.5, 0.6) is 0 Å². The molecule has 0 N–H and O–H groups in total. The molecule has 54 heavy (non-hydrogen) atoms. The van der Waals surface area contributed by atoms with E-state index in [1.165, 1.54) is 103 Å². The lowest BCUT2D eigenvalue weighted by Gasteiger charge is -2.18. The fourth-order valence-electron chi connectivity index (χ4n) is 8.07. The molecule has 0 unspecified atom stereocenters. The average Bonchev–Trinajstić information content (AvgIpc) is 3.78. The first-order chi connectivity index (χ1) is 26.4. The molecule has 0 spiro atoms. The summed E-state index contributed by atoms with van der Waals surface area (Å²) in [7, 11) is 0. The molecular formula is C52H42S2. The number of hydrogen-bond acceptors (Lipinski definition) is 2. The quantitative estimate of drug-likeness (QED) is 0.116. The number of allylic oxidation sites excluding steroid dienone is 14. The van der Waals surface area contributed by atoms with Crippen LogP contribution in [-0.2, 0) is 6.42 Å². The molecule has 0 fully saturated rings. The number of fused-ring (bicyclic) bond motifs is 7. The Bertz CT molecular complexity index is 2840. The molecule has 0 bridgehead atoms. The van der Waals surface area contributed by atoms with E-state index in [-0.39, 0.29) is 0 Å². The van der Waals surface area contributed by atoms with Crippen molar-refractivity contribution in [2.24, 2.45) is 0 Å². The van der Waals surface area contributed by atoms with E-state index in [1.54, 1.807) is 0 Å². The largest absolute Gasteiger partial charge is 0.135 e. The minimum absolute atomic E-state index is 0.959. The second-order valence-corrected chi connectivity index (χ2v) is 16.9. The van der Waals surface area contributed by atoms with Crippen molar-refractivity contribution in [2.45, 2.75) is 44.4 Å². The lowest BCUT2D eigenvalue weighted by atomic mass is 9.86. The molecule has 1 aliphatic carbocycles. The van der Waals surface area contributed by atoms with Crippen molar-refractivity contribution < 1.29 is 0 Å². The zero-order valence-corrected chi connectivity index (χ0v) is 32.5. The third kappa shape index (κ3) is 6.44. The predicted molar refractivity (Wildman–Crippen MR) is 242 cm³/mol. The fourth-order valence-corrected chi connectivity index (χ4v) is 10.3. The monoisotopic (exact) mass is 730 g/mol. The van der Waals surface area contributed by atoms with Gasteiger partial charge in [0.1, 0.15) is 0 Å². The molecular weight excluding hydrogens is 689 g/mol. The van der Waals surface area contributed by atoms with Crippen molar-refractivity contribution in [3.63, 3.8) is 0 Å². The smallest absolute Gasteiger partial charge is 0.0361 e. The average molecular weight is 731 g/mol. The van der Waals surface area contributed by atoms with Crippen LogP contribution >= 0.6 is 23.1 Å². The molecule has 6 aromatic carbocycles. The standard InChI is InChI=1S/C52H42S2/c1-33(34(2)25-27-41-29-40-28-38-30-47-42-16-12-13-21-48(42)54-50(47)32-39(38)31-49(40)53-41)22-23-35(3)51-43-17-8-10-19-45(43)52(46-20-11-9-18-44(46)51)36(4)24-26-37-14-6-5-7-15-37/h6,8-14,16-28,30-32H,1,3,5,7,15,29H2,2,4H3/b23-22-,34-25+,36-24+,37-26-,41-27+. The number of benzene rings is 6. The highest BCUT2D eigenvalue weighted by Gasteiger charge is 2.19. The van der Waals surface area contributed by atoms with Gasteiger partial charge in [-0.05, 0) is 145 Å². The topological polar surface area (TPSA) is 0 Å². The lowest BCUT2D eigenvalue weighted by Crippen LogP contribution is -1.94. The summed E-state index contributed by atoms with van der Waals surface area (Å²) >= 11 is 3.78. The summed E-state index contributed by atoms with van der Waals surface area (Å²) in [6.07, 6.45) is 22.5. The summed E-state index contributed by atoms with van der Waals surface area (Å²) in [6, 6.07) is 35.9. The van der Waals surface area contributed by atoms with Crippen LogP contribution in [-0.4, -0.2) is 0 Å². The van der Waals surface area contributed by atoms with Crippen LogP contribution in [0.4, 0.5) is 0 Å². The third-order valence-corrected chi connectivity index (χ3v) is 13.3. The first-order valence-electron chi connectivity index (χ1n) is 18.9. The van der Waals surface area contributed by atoms with E-state index in [9.17, 15) is 0 Å². The Morgan fingerprint density at radius 3 is 2.07 bits per heavy atom. The lowest BCUT2D eigenvalue weighted by molar-refractivity contribution is 0.821. The maximum Gasteiger partial charge on any atom is 0.0361 e. The third-order valence-electron chi connectivity index (χ3n) is 11.0. The zero-order chi connectivity index (χ0) is 36.8. The number of hydrogen-bond donors (Lipinski definition) is 0. The van der Waals surface area contributed by atoms with E-state index in [0.717, 1.165) is 29.6 Å². The fraction of sp³-hybridized carbons (Fsp3) is 0.115. The van der Waals surface area contributed by atoms with Crippen LogP contribution in [0.1, 0.15) is 49.8 Å². The Morgan fingerprint density at radius 1 is 0.667 bits per heavy atom. The van der Waals surface area contributed by atoms with Gasteiger partial charge in [0, 0.05) is 31.5 Å². The van der Waals surface area contributed by atoms with E-state index >= 15 is 0 Å². The normalized spacial score (nSPS) is 16.6. The van der Waals surface area contributed by atoms with Gasteiger partial charge in [0.05, 0.1) is 0 Å². The minimum atomic E-state index is 0.959. The molecule has 0 saturated heterocycles. The Labute approximate surface area is 326 Å². The van der Waals surface area contributed by atoms with Crippen molar-refractivity contribution in [1.82, 2.24) is 0 Å². The molecule has 1 aliphatic heterocycles. The SMILES string of the molecule is C=C(/C=C\C(=C)c1c2ccccc2c(/C(C)=C/C=C2/C=CCCC2)c2ccccc12)/C(C)=C/C=C1\Cc2cc3cc4c(cc3cc2S1)sc1ccccc14. The molecule has 2 aliphatic rings. The van der Waals surface area contributed by atoms with Gasteiger partial charge in [-0.25, -0.2) is 0 Å². The number of thioether (sulfide) groups is 1. The molecule has 2 heteroatoms. The van der Waals surface area contributed by atoms with E-state index in [2.05, 4.69) is 173 Å². The van der Waals surface area contributed by atoms with Crippen LogP contribution in [0.2, 0.25) is 0 Å². The highest BCUT2D eigenvalue weighted by Crippen LogP contribution is 2.44. The summed E-state index contributed by atoms with van der Waals surface area (Å²) in [5.74, 6) is 0. The molecule has 1 aromatic heterocycles. The number of rotatable bonds is 7. The van der Waals surface area contributed by atoms with Gasteiger partial charge in [-0.1, -0.05) is 140 Å². The van der Waals surface area contributed by atoms with Gasteiger partial charge >= 0.3 is 0 Å². The van der Waals surface area contributed by atoms with Crippen LogP contribution in [0.3, 0.4) is 0 Å². The van der Waals surface area contributed by atoms with Crippen molar-refractivity contribution in [3.8, 4) is 0 Å². The molecule has 0 saturated carbocycles. The van der Waals surface area contributed by atoms with Gasteiger partial charge in [-0.2, -0.15) is 0 Å². The molecule has 0 amide bonds. The van der Waals surface area contributed by atoms with Gasteiger partial charge in [0.25, 0.3) is 0 Å². The molecule has 2 heterocycles. The van der Waals surface area contributed by atoms with Gasteiger partial charge < -0.3 is 0 Å². The predicted octanol–water partition coefficient (Wildman–Crippen LogP) is 15.9. The van der Waals surface area contributed by atoms with Crippen LogP contribution in [0.25, 0.3) is 63.6 Å².